The highest BCUT2D eigenvalue weighted by molar-refractivity contribution is 5.81. The van der Waals surface area contributed by atoms with Gasteiger partial charge in [0.15, 0.2) is 0 Å². The van der Waals surface area contributed by atoms with Crippen molar-refractivity contribution < 1.29 is 0 Å². The van der Waals surface area contributed by atoms with Crippen molar-refractivity contribution in [3.05, 3.63) is 36.5 Å². The average molecular weight is 270 g/mol. The van der Waals surface area contributed by atoms with Crippen LogP contribution in [-0.4, -0.2) is 11.0 Å². The molecule has 1 N–H and O–H groups in total. The maximum atomic E-state index is 4.53. The minimum atomic E-state index is 0.526. The fourth-order valence-corrected chi connectivity index (χ4v) is 2.74. The third kappa shape index (κ3) is 4.22. The molecule has 1 aromatic carbocycles. The molecule has 2 aromatic rings. The molecule has 0 saturated carbocycles. The van der Waals surface area contributed by atoms with Gasteiger partial charge < -0.3 is 5.32 Å². The van der Waals surface area contributed by atoms with E-state index in [0.29, 0.717) is 17.9 Å². The van der Waals surface area contributed by atoms with E-state index in [0.717, 1.165) is 11.2 Å². The van der Waals surface area contributed by atoms with Crippen LogP contribution in [0, 0.1) is 11.8 Å². The molecule has 2 rings (SSSR count). The lowest BCUT2D eigenvalue weighted by Gasteiger charge is -2.23. The Hall–Kier alpha value is -1.57. The number of fused-ring (bicyclic) bond motifs is 1. The third-order valence-corrected chi connectivity index (χ3v) is 3.47. The Morgan fingerprint density at radius 3 is 2.30 bits per heavy atom. The summed E-state index contributed by atoms with van der Waals surface area (Å²) in [4.78, 5) is 4.53. The Bertz CT molecular complexity index is 536. The highest BCUT2D eigenvalue weighted by Gasteiger charge is 2.13. The van der Waals surface area contributed by atoms with Gasteiger partial charge in [-0.1, -0.05) is 45.9 Å². The molecule has 0 saturated heterocycles. The van der Waals surface area contributed by atoms with Gasteiger partial charge >= 0.3 is 0 Å². The Kier molecular flexibility index (Phi) is 4.99. The van der Waals surface area contributed by atoms with Crippen LogP contribution in [-0.2, 0) is 0 Å². The van der Waals surface area contributed by atoms with Gasteiger partial charge in [-0.25, -0.2) is 0 Å². The van der Waals surface area contributed by atoms with Crippen molar-refractivity contribution in [1.82, 2.24) is 4.98 Å². The Balaban J connectivity index is 2.14. The van der Waals surface area contributed by atoms with Gasteiger partial charge in [0.1, 0.15) is 0 Å². The SMILES string of the molecule is CC(C)CC(CC(C)C)Nc1cnc2ccccc2c1. The standard InChI is InChI=1S/C18H26N2/c1-13(2)9-16(10-14(3)4)20-17-11-15-7-5-6-8-18(15)19-12-17/h5-8,11-14,16,20H,9-10H2,1-4H3. The third-order valence-electron chi connectivity index (χ3n) is 3.47. The van der Waals surface area contributed by atoms with Crippen molar-refractivity contribution in [2.75, 3.05) is 5.32 Å². The zero-order valence-electron chi connectivity index (χ0n) is 13.1. The number of anilines is 1. The van der Waals surface area contributed by atoms with Gasteiger partial charge in [-0.2, -0.15) is 0 Å². The second-order valence-electron chi connectivity index (χ2n) is 6.52. The number of aromatic nitrogens is 1. The first kappa shape index (κ1) is 14.8. The number of para-hydroxylation sites is 1. The van der Waals surface area contributed by atoms with Gasteiger partial charge in [0.25, 0.3) is 0 Å². The number of benzene rings is 1. The van der Waals surface area contributed by atoms with Crippen LogP contribution in [0.3, 0.4) is 0 Å². The summed E-state index contributed by atoms with van der Waals surface area (Å²) in [5, 5.41) is 4.87. The number of hydrogen-bond acceptors (Lipinski definition) is 2. The van der Waals surface area contributed by atoms with Gasteiger partial charge in [-0.15, -0.1) is 0 Å². The molecule has 0 atom stereocenters. The molecule has 0 aliphatic heterocycles. The van der Waals surface area contributed by atoms with Crippen molar-refractivity contribution in [3.8, 4) is 0 Å². The minimum absolute atomic E-state index is 0.526. The van der Waals surface area contributed by atoms with Gasteiger partial charge in [0.05, 0.1) is 17.4 Å². The molecule has 0 aliphatic rings. The molecule has 108 valence electrons. The smallest absolute Gasteiger partial charge is 0.0703 e. The quantitative estimate of drug-likeness (QED) is 0.789. The van der Waals surface area contributed by atoms with Crippen LogP contribution >= 0.6 is 0 Å². The fourth-order valence-electron chi connectivity index (χ4n) is 2.74. The predicted molar refractivity (Wildman–Crippen MR) is 88.1 cm³/mol. The lowest BCUT2D eigenvalue weighted by atomic mass is 9.95. The summed E-state index contributed by atoms with van der Waals surface area (Å²) in [6.07, 6.45) is 4.35. The van der Waals surface area contributed by atoms with E-state index >= 15 is 0 Å². The molecule has 0 fully saturated rings. The summed E-state index contributed by atoms with van der Waals surface area (Å²) < 4.78 is 0. The van der Waals surface area contributed by atoms with Crippen molar-refractivity contribution in [2.45, 2.75) is 46.6 Å². The number of nitrogens with zero attached hydrogens (tertiary/aromatic N) is 1. The summed E-state index contributed by atoms with van der Waals surface area (Å²) >= 11 is 0. The van der Waals surface area contributed by atoms with Gasteiger partial charge in [-0.3, -0.25) is 4.98 Å². The van der Waals surface area contributed by atoms with Crippen molar-refractivity contribution >= 4 is 16.6 Å². The molecule has 1 heterocycles. The second-order valence-corrected chi connectivity index (χ2v) is 6.52. The summed E-state index contributed by atoms with van der Waals surface area (Å²) in [7, 11) is 0. The molecular formula is C18H26N2. The normalized spacial score (nSPS) is 11.8. The van der Waals surface area contributed by atoms with Crippen molar-refractivity contribution in [3.63, 3.8) is 0 Å². The van der Waals surface area contributed by atoms with E-state index in [9.17, 15) is 0 Å². The average Bonchev–Trinajstić information content (AvgIpc) is 2.37. The first-order chi connectivity index (χ1) is 9.54. The molecule has 0 radical (unpaired) electrons. The maximum Gasteiger partial charge on any atom is 0.0703 e. The van der Waals surface area contributed by atoms with Crippen molar-refractivity contribution in [2.24, 2.45) is 11.8 Å². The van der Waals surface area contributed by atoms with E-state index in [4.69, 9.17) is 0 Å². The molecule has 20 heavy (non-hydrogen) atoms. The zero-order valence-corrected chi connectivity index (χ0v) is 13.1. The molecular weight excluding hydrogens is 244 g/mol. The number of pyridine rings is 1. The first-order valence-electron chi connectivity index (χ1n) is 7.66. The van der Waals surface area contributed by atoms with E-state index in [2.05, 4.69) is 62.3 Å². The Labute approximate surface area is 122 Å². The molecule has 2 heteroatoms. The zero-order chi connectivity index (χ0) is 14.5. The van der Waals surface area contributed by atoms with Crippen LogP contribution in [0.25, 0.3) is 10.9 Å². The molecule has 0 aliphatic carbocycles. The molecule has 0 bridgehead atoms. The molecule has 0 unspecified atom stereocenters. The van der Waals surface area contributed by atoms with Crippen LogP contribution in [0.15, 0.2) is 36.5 Å². The van der Waals surface area contributed by atoms with Crippen LogP contribution in [0.4, 0.5) is 5.69 Å². The molecule has 0 spiro atoms. The van der Waals surface area contributed by atoms with Gasteiger partial charge in [-0.05, 0) is 36.8 Å². The van der Waals surface area contributed by atoms with Crippen LogP contribution in [0.2, 0.25) is 0 Å². The monoisotopic (exact) mass is 270 g/mol. The second kappa shape index (κ2) is 6.74. The summed E-state index contributed by atoms with van der Waals surface area (Å²) in [6.45, 7) is 9.14. The highest BCUT2D eigenvalue weighted by Crippen LogP contribution is 2.21. The summed E-state index contributed by atoms with van der Waals surface area (Å²) in [5.41, 5.74) is 2.19. The van der Waals surface area contributed by atoms with E-state index in [-0.39, 0.29) is 0 Å². The fraction of sp³-hybridized carbons (Fsp3) is 0.500. The van der Waals surface area contributed by atoms with Gasteiger partial charge in [0.2, 0.25) is 0 Å². The van der Waals surface area contributed by atoms with E-state index < -0.39 is 0 Å². The summed E-state index contributed by atoms with van der Waals surface area (Å²) in [5.74, 6) is 1.42. The lowest BCUT2D eigenvalue weighted by molar-refractivity contribution is 0.442. The van der Waals surface area contributed by atoms with E-state index in [1.165, 1.54) is 18.2 Å². The van der Waals surface area contributed by atoms with Crippen LogP contribution in [0.5, 0.6) is 0 Å². The largest absolute Gasteiger partial charge is 0.381 e. The van der Waals surface area contributed by atoms with E-state index in [1.54, 1.807) is 0 Å². The molecule has 0 amide bonds. The maximum absolute atomic E-state index is 4.53. The molecule has 2 nitrogen and oxygen atoms in total. The lowest BCUT2D eigenvalue weighted by Crippen LogP contribution is -2.23. The predicted octanol–water partition coefficient (Wildman–Crippen LogP) is 5.11. The Morgan fingerprint density at radius 2 is 1.65 bits per heavy atom. The topological polar surface area (TPSA) is 24.9 Å². The first-order valence-corrected chi connectivity index (χ1v) is 7.66. The summed E-state index contributed by atoms with van der Waals surface area (Å²) in [6, 6.07) is 11.0. The van der Waals surface area contributed by atoms with Gasteiger partial charge in [0, 0.05) is 11.4 Å². The van der Waals surface area contributed by atoms with Crippen LogP contribution < -0.4 is 5.32 Å². The van der Waals surface area contributed by atoms with E-state index in [1.807, 2.05) is 12.3 Å². The molecule has 1 aromatic heterocycles. The number of nitrogens with one attached hydrogen (secondary N) is 1. The number of rotatable bonds is 6. The number of hydrogen-bond donors (Lipinski definition) is 1. The Morgan fingerprint density at radius 1 is 1.00 bits per heavy atom. The minimum Gasteiger partial charge on any atom is -0.381 e. The van der Waals surface area contributed by atoms with Crippen molar-refractivity contribution in [1.29, 1.82) is 0 Å². The highest BCUT2D eigenvalue weighted by atomic mass is 14.9. The van der Waals surface area contributed by atoms with Crippen LogP contribution in [0.1, 0.15) is 40.5 Å².